The van der Waals surface area contributed by atoms with Gasteiger partial charge in [-0.2, -0.15) is 0 Å². The van der Waals surface area contributed by atoms with E-state index in [1.54, 1.807) is 6.07 Å². The Morgan fingerprint density at radius 2 is 1.85 bits per heavy atom. The van der Waals surface area contributed by atoms with Gasteiger partial charge in [0.15, 0.2) is 0 Å². The first-order valence-electron chi connectivity index (χ1n) is 2.71. The van der Waals surface area contributed by atoms with Crippen LogP contribution in [0.5, 0.6) is 0 Å². The monoisotopic (exact) mass is 386 g/mol. The van der Waals surface area contributed by atoms with Crippen LogP contribution < -0.4 is 12.4 Å². The number of rotatable bonds is 0. The van der Waals surface area contributed by atoms with Gasteiger partial charge in [-0.3, -0.25) is 6.58 Å². The van der Waals surface area contributed by atoms with Crippen molar-refractivity contribution in [1.29, 1.82) is 0 Å². The van der Waals surface area contributed by atoms with Crippen LogP contribution in [0.25, 0.3) is 0 Å². The minimum Gasteiger partial charge on any atom is -1.00 e. The topological polar surface area (TPSA) is 0 Å². The van der Waals surface area contributed by atoms with Gasteiger partial charge >= 0.3 is 23.1 Å². The average molecular weight is 388 g/mol. The van der Waals surface area contributed by atoms with Crippen molar-refractivity contribution in [3.05, 3.63) is 45.2 Å². The molecule has 0 N–H and O–H groups in total. The number of hydrogen-bond donors (Lipinski definition) is 0. The van der Waals surface area contributed by atoms with Crippen molar-refractivity contribution in [1.82, 2.24) is 0 Å². The smallest absolute Gasteiger partial charge is 1.00 e. The first-order valence-corrected chi connectivity index (χ1v) is 4.58. The Bertz CT molecular complexity index is 248. The molecule has 0 saturated heterocycles. The second kappa shape index (κ2) is 11.2. The van der Waals surface area contributed by atoms with Gasteiger partial charge in [0.05, 0.1) is 0 Å². The SMILES string of the molecule is Fc1cc(Br)ccc1I.[CH-]=C.[Cl-].[Mg+2]. The van der Waals surface area contributed by atoms with Gasteiger partial charge in [-0.1, -0.05) is 15.9 Å². The molecule has 0 heterocycles. The van der Waals surface area contributed by atoms with Gasteiger partial charge in [0.1, 0.15) is 5.82 Å². The van der Waals surface area contributed by atoms with E-state index in [2.05, 4.69) is 29.1 Å². The van der Waals surface area contributed by atoms with E-state index in [-0.39, 0.29) is 41.3 Å². The Morgan fingerprint density at radius 1 is 1.38 bits per heavy atom. The van der Waals surface area contributed by atoms with Crippen LogP contribution in [0.1, 0.15) is 0 Å². The van der Waals surface area contributed by atoms with Crippen LogP contribution in [0.15, 0.2) is 29.3 Å². The molecule has 68 valence electrons. The maximum Gasteiger partial charge on any atom is 2.00 e. The Kier molecular flexibility index (Phi) is 17.0. The van der Waals surface area contributed by atoms with Crippen molar-refractivity contribution < 1.29 is 16.8 Å². The van der Waals surface area contributed by atoms with Crippen LogP contribution in [-0.4, -0.2) is 23.1 Å². The summed E-state index contributed by atoms with van der Waals surface area (Å²) < 4.78 is 14.0. The summed E-state index contributed by atoms with van der Waals surface area (Å²) in [5.74, 6) is -0.176. The van der Waals surface area contributed by atoms with E-state index in [1.165, 1.54) is 6.07 Å². The first kappa shape index (κ1) is 19.7. The predicted octanol–water partition coefficient (Wildman–Crippen LogP) is 0.421. The van der Waals surface area contributed by atoms with E-state index < -0.39 is 0 Å². The van der Waals surface area contributed by atoms with Crippen molar-refractivity contribution >= 4 is 61.6 Å². The summed E-state index contributed by atoms with van der Waals surface area (Å²) in [6, 6.07) is 4.98. The zero-order valence-electron chi connectivity index (χ0n) is 6.74. The fourth-order valence-electron chi connectivity index (χ4n) is 0.470. The molecule has 0 saturated carbocycles. The van der Waals surface area contributed by atoms with Crippen molar-refractivity contribution in [3.8, 4) is 0 Å². The molecule has 0 unspecified atom stereocenters. The average Bonchev–Trinajstić information content (AvgIpc) is 2.02. The third-order valence-electron chi connectivity index (χ3n) is 0.882. The second-order valence-electron chi connectivity index (χ2n) is 1.56. The van der Waals surface area contributed by atoms with Gasteiger partial charge in [0.2, 0.25) is 0 Å². The molecule has 1 aromatic rings. The fourth-order valence-corrected chi connectivity index (χ4v) is 1.14. The third kappa shape index (κ3) is 8.17. The summed E-state index contributed by atoms with van der Waals surface area (Å²) in [6.45, 7) is 7.00. The molecule has 0 aliphatic heterocycles. The molecule has 1 rings (SSSR count). The normalized spacial score (nSPS) is 7.00. The molecule has 0 radical (unpaired) electrons. The molecule has 0 amide bonds. The Hall–Kier alpha value is 1.16. The zero-order chi connectivity index (χ0) is 8.85. The fraction of sp³-hybridized carbons (Fsp3) is 0. The van der Waals surface area contributed by atoms with Crippen LogP contribution in [-0.2, 0) is 0 Å². The zero-order valence-corrected chi connectivity index (χ0v) is 12.6. The number of benzene rings is 1. The van der Waals surface area contributed by atoms with Crippen molar-refractivity contribution in [2.45, 2.75) is 0 Å². The third-order valence-corrected chi connectivity index (χ3v) is 2.25. The molecule has 0 spiro atoms. The van der Waals surface area contributed by atoms with Gasteiger partial charge in [0, 0.05) is 8.04 Å². The molecule has 0 atom stereocenters. The van der Waals surface area contributed by atoms with Crippen LogP contribution in [0.4, 0.5) is 4.39 Å². The minimum absolute atomic E-state index is 0. The molecule has 13 heavy (non-hydrogen) atoms. The van der Waals surface area contributed by atoms with Gasteiger partial charge in [-0.05, 0) is 40.8 Å². The Labute approximate surface area is 122 Å². The number of hydrogen-bond acceptors (Lipinski definition) is 0. The molecule has 0 fully saturated rings. The molecule has 0 aliphatic carbocycles. The molecule has 0 aliphatic rings. The largest absolute Gasteiger partial charge is 2.00 e. The van der Waals surface area contributed by atoms with Crippen LogP contribution >= 0.6 is 38.5 Å². The summed E-state index contributed by atoms with van der Waals surface area (Å²) in [7, 11) is 0. The van der Waals surface area contributed by atoms with Gasteiger partial charge in [0.25, 0.3) is 0 Å². The van der Waals surface area contributed by atoms with Crippen molar-refractivity contribution in [2.75, 3.05) is 0 Å². The van der Waals surface area contributed by atoms with Gasteiger partial charge < -0.3 is 19.0 Å². The van der Waals surface area contributed by atoms with Crippen molar-refractivity contribution in [3.63, 3.8) is 0 Å². The summed E-state index contributed by atoms with van der Waals surface area (Å²) in [6.07, 6.45) is 0. The summed E-state index contributed by atoms with van der Waals surface area (Å²) >= 11 is 5.10. The quantitative estimate of drug-likeness (QED) is 0.262. The van der Waals surface area contributed by atoms with E-state index >= 15 is 0 Å². The van der Waals surface area contributed by atoms with Crippen LogP contribution in [0, 0.1) is 16.0 Å². The molecular weight excluding hydrogens is 382 g/mol. The maximum absolute atomic E-state index is 12.5. The summed E-state index contributed by atoms with van der Waals surface area (Å²) in [4.78, 5) is 0. The van der Waals surface area contributed by atoms with E-state index in [0.717, 1.165) is 4.47 Å². The van der Waals surface area contributed by atoms with Gasteiger partial charge in [-0.15, -0.1) is 0 Å². The molecule has 5 heteroatoms. The number of halogens is 4. The van der Waals surface area contributed by atoms with Crippen LogP contribution in [0.2, 0.25) is 0 Å². The first-order chi connectivity index (χ1) is 5.20. The second-order valence-corrected chi connectivity index (χ2v) is 3.64. The molecular formula is C8H6BrClFIMg. The molecule has 0 nitrogen and oxygen atoms in total. The predicted molar refractivity (Wildman–Crippen MR) is 62.5 cm³/mol. The Balaban J connectivity index is -0.000000234. The summed E-state index contributed by atoms with van der Waals surface area (Å²) in [5, 5.41) is 0. The standard InChI is InChI=1S/C6H3BrFI.C2H3.ClH.Mg/c7-4-1-2-6(9)5(8)3-4;1-2;;/h1-3H;1H,2H2;1H;/q;-1;;+2/p-1. The van der Waals surface area contributed by atoms with Crippen molar-refractivity contribution in [2.24, 2.45) is 0 Å². The van der Waals surface area contributed by atoms with Crippen LogP contribution in [0.3, 0.4) is 0 Å². The molecule has 0 aromatic heterocycles. The van der Waals surface area contributed by atoms with E-state index in [1.807, 2.05) is 28.7 Å². The molecule has 0 bridgehead atoms. The van der Waals surface area contributed by atoms with E-state index in [4.69, 9.17) is 0 Å². The molecule has 1 aromatic carbocycles. The Morgan fingerprint density at radius 3 is 2.15 bits per heavy atom. The minimum atomic E-state index is -0.176. The van der Waals surface area contributed by atoms with Gasteiger partial charge in [-0.25, -0.2) is 4.39 Å². The van der Waals surface area contributed by atoms with E-state index in [0.29, 0.717) is 3.57 Å². The maximum atomic E-state index is 12.5. The van der Waals surface area contributed by atoms with E-state index in [9.17, 15) is 4.39 Å². The summed E-state index contributed by atoms with van der Waals surface area (Å²) in [5.41, 5.74) is 0.